The molecule has 1 aliphatic heterocycles. The second-order valence-corrected chi connectivity index (χ2v) is 6.87. The lowest BCUT2D eigenvalue weighted by Gasteiger charge is -2.47. The van der Waals surface area contributed by atoms with Gasteiger partial charge >= 0.3 is 0 Å². The molecule has 0 saturated carbocycles. The molecule has 0 aromatic heterocycles. The molecule has 1 atom stereocenters. The van der Waals surface area contributed by atoms with E-state index in [2.05, 4.69) is 50.2 Å². The van der Waals surface area contributed by atoms with Crippen LogP contribution >= 0.6 is 0 Å². The minimum atomic E-state index is -0.343. The summed E-state index contributed by atoms with van der Waals surface area (Å²) in [5.41, 5.74) is 5.28. The van der Waals surface area contributed by atoms with Gasteiger partial charge in [0.05, 0.1) is 18.3 Å². The average Bonchev–Trinajstić information content (AvgIpc) is 2.55. The van der Waals surface area contributed by atoms with Gasteiger partial charge in [-0.1, -0.05) is 38.0 Å². The number of allylic oxidation sites excluding steroid dienone is 1. The van der Waals surface area contributed by atoms with Crippen molar-refractivity contribution in [3.05, 3.63) is 29.8 Å². The number of amides is 1. The first kappa shape index (κ1) is 18.3. The number of hydrogen-bond acceptors (Lipinski definition) is 4. The molecule has 5 heteroatoms. The number of nitrogens with one attached hydrogen (secondary N) is 1. The fraction of sp³-hybridized carbons (Fsp3) is 0.526. The summed E-state index contributed by atoms with van der Waals surface area (Å²) in [7, 11) is 1.67. The molecule has 2 rings (SSSR count). The van der Waals surface area contributed by atoms with Gasteiger partial charge in [0.15, 0.2) is 0 Å². The maximum Gasteiger partial charge on any atom is 0.256 e. The molecule has 0 saturated heterocycles. The van der Waals surface area contributed by atoms with Crippen molar-refractivity contribution >= 4 is 17.2 Å². The summed E-state index contributed by atoms with van der Waals surface area (Å²) >= 11 is 0. The predicted octanol–water partition coefficient (Wildman–Crippen LogP) is 3.25. The Bertz CT molecular complexity index is 637. The number of carbonyl (C=O) groups excluding carboxylic acids is 1. The predicted molar refractivity (Wildman–Crippen MR) is 98.8 cm³/mol. The summed E-state index contributed by atoms with van der Waals surface area (Å²) in [5.74, 6) is 6.10. The van der Waals surface area contributed by atoms with Crippen LogP contribution in [-0.2, 0) is 4.79 Å². The largest absolute Gasteiger partial charge is 0.495 e. The van der Waals surface area contributed by atoms with E-state index in [0.29, 0.717) is 0 Å². The molecule has 0 unspecified atom stereocenters. The molecule has 1 aliphatic rings. The molecule has 0 radical (unpaired) electrons. The van der Waals surface area contributed by atoms with Gasteiger partial charge in [0.1, 0.15) is 11.8 Å². The van der Waals surface area contributed by atoms with Gasteiger partial charge in [-0.2, -0.15) is 0 Å². The minimum absolute atomic E-state index is 0.165. The molecule has 1 heterocycles. The number of fused-ring (bicyclic) bond motifs is 1. The number of anilines is 1. The van der Waals surface area contributed by atoms with E-state index in [0.717, 1.165) is 36.3 Å². The SMILES string of the molecule is CCCC[C@@H](C(=O)NN)N1c2c(OC)cccc2C(C)=CC1(C)C. The Labute approximate surface area is 144 Å². The van der Waals surface area contributed by atoms with Gasteiger partial charge in [-0.05, 0) is 38.8 Å². The number of benzene rings is 1. The molecule has 3 N–H and O–H groups in total. The Balaban J connectivity index is 2.64. The zero-order valence-corrected chi connectivity index (χ0v) is 15.3. The number of rotatable bonds is 6. The first-order valence-corrected chi connectivity index (χ1v) is 8.54. The Hall–Kier alpha value is -2.01. The molecule has 0 spiro atoms. The Kier molecular flexibility index (Phi) is 5.54. The molecule has 1 aromatic rings. The number of para-hydroxylation sites is 1. The lowest BCUT2D eigenvalue weighted by molar-refractivity contribution is -0.122. The van der Waals surface area contributed by atoms with E-state index < -0.39 is 0 Å². The lowest BCUT2D eigenvalue weighted by atomic mass is 9.86. The second kappa shape index (κ2) is 7.26. The molecule has 5 nitrogen and oxygen atoms in total. The topological polar surface area (TPSA) is 67.6 Å². The molecular formula is C19H29N3O2. The normalized spacial score (nSPS) is 16.9. The molecule has 24 heavy (non-hydrogen) atoms. The average molecular weight is 331 g/mol. The molecule has 1 amide bonds. The van der Waals surface area contributed by atoms with Crippen LogP contribution in [-0.4, -0.2) is 24.6 Å². The lowest BCUT2D eigenvalue weighted by Crippen LogP contribution is -2.57. The summed E-state index contributed by atoms with van der Waals surface area (Å²) in [6.45, 7) is 8.46. The second-order valence-electron chi connectivity index (χ2n) is 6.87. The van der Waals surface area contributed by atoms with Crippen molar-refractivity contribution in [2.45, 2.75) is 58.5 Å². The van der Waals surface area contributed by atoms with E-state index in [1.54, 1.807) is 7.11 Å². The zero-order chi connectivity index (χ0) is 17.9. The number of methoxy groups -OCH3 is 1. The fourth-order valence-electron chi connectivity index (χ4n) is 3.65. The number of carbonyl (C=O) groups is 1. The smallest absolute Gasteiger partial charge is 0.256 e. The number of nitrogens with two attached hydrogens (primary N) is 1. The number of nitrogens with zero attached hydrogens (tertiary/aromatic N) is 1. The molecule has 0 bridgehead atoms. The maximum atomic E-state index is 12.6. The monoisotopic (exact) mass is 331 g/mol. The van der Waals surface area contributed by atoms with Gasteiger partial charge in [0.25, 0.3) is 5.91 Å². The van der Waals surface area contributed by atoms with Gasteiger partial charge in [-0.25, -0.2) is 5.84 Å². The van der Waals surface area contributed by atoms with Crippen LogP contribution < -0.4 is 20.9 Å². The number of hydrogen-bond donors (Lipinski definition) is 2. The third-order valence-electron chi connectivity index (χ3n) is 4.66. The third kappa shape index (κ3) is 3.26. The van der Waals surface area contributed by atoms with Crippen LogP contribution in [0.15, 0.2) is 24.3 Å². The Morgan fingerprint density at radius 1 is 1.42 bits per heavy atom. The van der Waals surface area contributed by atoms with Crippen molar-refractivity contribution in [1.82, 2.24) is 5.43 Å². The van der Waals surface area contributed by atoms with Crippen LogP contribution in [0.4, 0.5) is 5.69 Å². The highest BCUT2D eigenvalue weighted by Crippen LogP contribution is 2.45. The van der Waals surface area contributed by atoms with E-state index in [1.807, 2.05) is 12.1 Å². The van der Waals surface area contributed by atoms with Crippen molar-refractivity contribution in [1.29, 1.82) is 0 Å². The zero-order valence-electron chi connectivity index (χ0n) is 15.3. The summed E-state index contributed by atoms with van der Waals surface area (Å²) in [4.78, 5) is 14.7. The third-order valence-corrected chi connectivity index (χ3v) is 4.66. The van der Waals surface area contributed by atoms with Crippen LogP contribution in [0.1, 0.15) is 52.5 Å². The molecule has 0 aliphatic carbocycles. The van der Waals surface area contributed by atoms with Gasteiger partial charge in [-0.15, -0.1) is 0 Å². The van der Waals surface area contributed by atoms with Crippen molar-refractivity contribution in [2.75, 3.05) is 12.0 Å². The first-order chi connectivity index (χ1) is 11.4. The van der Waals surface area contributed by atoms with Gasteiger partial charge in [0.2, 0.25) is 0 Å². The van der Waals surface area contributed by atoms with Gasteiger partial charge in [0, 0.05) is 5.56 Å². The van der Waals surface area contributed by atoms with Crippen LogP contribution in [0.3, 0.4) is 0 Å². The van der Waals surface area contributed by atoms with Gasteiger partial charge in [-0.3, -0.25) is 10.2 Å². The summed E-state index contributed by atoms with van der Waals surface area (Å²) in [6.07, 6.45) is 4.93. The standard InChI is InChI=1S/C19H29N3O2/c1-6-7-10-15(18(23)21-20)22-17-14(9-8-11-16(17)24-5)13(2)12-19(22,3)4/h8-9,11-12,15H,6-7,10,20H2,1-5H3,(H,21,23)/t15-/m0/s1. The van der Waals surface area contributed by atoms with E-state index in [9.17, 15) is 4.79 Å². The highest BCUT2D eigenvalue weighted by Gasteiger charge is 2.40. The number of hydrazine groups is 1. The summed E-state index contributed by atoms with van der Waals surface area (Å²) in [6, 6.07) is 5.65. The summed E-state index contributed by atoms with van der Waals surface area (Å²) < 4.78 is 5.62. The van der Waals surface area contributed by atoms with Crippen molar-refractivity contribution in [3.8, 4) is 5.75 Å². The van der Waals surface area contributed by atoms with E-state index in [1.165, 1.54) is 5.57 Å². The van der Waals surface area contributed by atoms with Crippen molar-refractivity contribution in [3.63, 3.8) is 0 Å². The van der Waals surface area contributed by atoms with Crippen LogP contribution in [0.25, 0.3) is 5.57 Å². The maximum absolute atomic E-state index is 12.6. The minimum Gasteiger partial charge on any atom is -0.495 e. The van der Waals surface area contributed by atoms with Crippen LogP contribution in [0.5, 0.6) is 5.75 Å². The first-order valence-electron chi connectivity index (χ1n) is 8.54. The van der Waals surface area contributed by atoms with E-state index >= 15 is 0 Å². The summed E-state index contributed by atoms with van der Waals surface area (Å²) in [5, 5.41) is 0. The molecule has 1 aromatic carbocycles. The van der Waals surface area contributed by atoms with E-state index in [-0.39, 0.29) is 17.5 Å². The highest BCUT2D eigenvalue weighted by atomic mass is 16.5. The molecule has 0 fully saturated rings. The van der Waals surface area contributed by atoms with Crippen molar-refractivity contribution < 1.29 is 9.53 Å². The van der Waals surface area contributed by atoms with Crippen molar-refractivity contribution in [2.24, 2.45) is 5.84 Å². The highest BCUT2D eigenvalue weighted by molar-refractivity contribution is 5.91. The molecular weight excluding hydrogens is 302 g/mol. The fourth-order valence-corrected chi connectivity index (χ4v) is 3.65. The van der Waals surface area contributed by atoms with Crippen LogP contribution in [0.2, 0.25) is 0 Å². The Morgan fingerprint density at radius 3 is 2.71 bits per heavy atom. The quantitative estimate of drug-likeness (QED) is 0.477. The van der Waals surface area contributed by atoms with Crippen LogP contribution in [0, 0.1) is 0 Å². The number of unbranched alkanes of at least 4 members (excludes halogenated alkanes) is 1. The number of ether oxygens (including phenoxy) is 1. The van der Waals surface area contributed by atoms with E-state index in [4.69, 9.17) is 10.6 Å². The Morgan fingerprint density at radius 2 is 2.12 bits per heavy atom. The molecule has 132 valence electrons. The van der Waals surface area contributed by atoms with Gasteiger partial charge < -0.3 is 9.64 Å².